The number of carbonyl (C=O) groups excluding carboxylic acids is 1. The van der Waals surface area contributed by atoms with Crippen LogP contribution in [0.5, 0.6) is 0 Å². The number of rotatable bonds is 4. The van der Waals surface area contributed by atoms with E-state index in [4.69, 9.17) is 4.74 Å². The molecule has 3 aromatic rings. The minimum atomic E-state index is 0.0826. The second-order valence-electron chi connectivity index (χ2n) is 7.14. The number of amides is 1. The zero-order valence-corrected chi connectivity index (χ0v) is 15.7. The molecule has 0 unspecified atom stereocenters. The van der Waals surface area contributed by atoms with Crippen LogP contribution in [0.4, 0.5) is 0 Å². The van der Waals surface area contributed by atoms with Gasteiger partial charge in [0.15, 0.2) is 0 Å². The number of aromatic nitrogens is 3. The van der Waals surface area contributed by atoms with Gasteiger partial charge in [0.25, 0.3) is 0 Å². The molecule has 0 aromatic carbocycles. The lowest BCUT2D eigenvalue weighted by Crippen LogP contribution is -2.48. The molecule has 0 radical (unpaired) electrons. The largest absolute Gasteiger partial charge is 0.372 e. The van der Waals surface area contributed by atoms with Crippen molar-refractivity contribution in [3.63, 3.8) is 0 Å². The van der Waals surface area contributed by atoms with E-state index in [1.54, 1.807) is 18.6 Å². The van der Waals surface area contributed by atoms with E-state index in [0.29, 0.717) is 26.1 Å². The van der Waals surface area contributed by atoms with Crippen molar-refractivity contribution in [1.82, 2.24) is 19.4 Å². The zero-order chi connectivity index (χ0) is 18.8. The Bertz CT molecular complexity index is 928. The summed E-state index contributed by atoms with van der Waals surface area (Å²) < 4.78 is 7.87. The molecular formula is C21H24N4O2. The molecule has 2 atom stereocenters. The van der Waals surface area contributed by atoms with Crippen molar-refractivity contribution in [2.24, 2.45) is 0 Å². The molecule has 4 heterocycles. The fraction of sp³-hybridized carbons (Fsp3) is 0.381. The molecule has 1 amide bonds. The van der Waals surface area contributed by atoms with Gasteiger partial charge in [-0.1, -0.05) is 0 Å². The van der Waals surface area contributed by atoms with Crippen LogP contribution < -0.4 is 0 Å². The fourth-order valence-electron chi connectivity index (χ4n) is 3.82. The third-order valence-corrected chi connectivity index (χ3v) is 4.95. The summed E-state index contributed by atoms with van der Waals surface area (Å²) in [6.07, 6.45) is 5.97. The fourth-order valence-corrected chi connectivity index (χ4v) is 3.82. The van der Waals surface area contributed by atoms with Crippen LogP contribution in [-0.2, 0) is 16.1 Å². The Morgan fingerprint density at radius 1 is 1.15 bits per heavy atom. The normalized spacial score (nSPS) is 20.1. The summed E-state index contributed by atoms with van der Waals surface area (Å²) in [5, 5.41) is 1.07. The van der Waals surface area contributed by atoms with E-state index in [1.807, 2.05) is 36.9 Å². The van der Waals surface area contributed by atoms with Gasteiger partial charge in [-0.25, -0.2) is 4.98 Å². The van der Waals surface area contributed by atoms with Gasteiger partial charge in [-0.2, -0.15) is 0 Å². The SMILES string of the molecule is C[C@H]1CN(C(=O)CCn2c(-c3ccncc3)cc3cccnc32)C[C@H](C)O1. The lowest BCUT2D eigenvalue weighted by Gasteiger charge is -2.35. The second-order valence-corrected chi connectivity index (χ2v) is 7.14. The average molecular weight is 364 g/mol. The lowest BCUT2D eigenvalue weighted by molar-refractivity contribution is -0.143. The standard InChI is InChI=1S/C21H24N4O2/c1-15-13-24(14-16(2)27-15)20(26)7-11-25-19(17-5-9-22-10-6-17)12-18-4-3-8-23-21(18)25/h3-6,8-10,12,15-16H,7,11,13-14H2,1-2H3/t15-,16-/m0/s1. The van der Waals surface area contributed by atoms with Gasteiger partial charge in [-0.3, -0.25) is 9.78 Å². The van der Waals surface area contributed by atoms with Crippen molar-refractivity contribution in [2.75, 3.05) is 13.1 Å². The number of fused-ring (bicyclic) bond motifs is 1. The highest BCUT2D eigenvalue weighted by Gasteiger charge is 2.25. The first-order valence-electron chi connectivity index (χ1n) is 9.39. The number of morpholine rings is 1. The van der Waals surface area contributed by atoms with Gasteiger partial charge in [-0.15, -0.1) is 0 Å². The van der Waals surface area contributed by atoms with Crippen LogP contribution in [0.15, 0.2) is 48.9 Å². The van der Waals surface area contributed by atoms with Crippen molar-refractivity contribution in [1.29, 1.82) is 0 Å². The van der Waals surface area contributed by atoms with Crippen molar-refractivity contribution in [3.8, 4) is 11.3 Å². The van der Waals surface area contributed by atoms with E-state index in [0.717, 1.165) is 22.3 Å². The molecule has 0 spiro atoms. The average Bonchev–Trinajstić information content (AvgIpc) is 3.04. The van der Waals surface area contributed by atoms with Gasteiger partial charge in [0.2, 0.25) is 5.91 Å². The topological polar surface area (TPSA) is 60.2 Å². The lowest BCUT2D eigenvalue weighted by atomic mass is 10.2. The van der Waals surface area contributed by atoms with Crippen molar-refractivity contribution in [2.45, 2.75) is 39.0 Å². The maximum atomic E-state index is 12.8. The minimum absolute atomic E-state index is 0.0826. The maximum Gasteiger partial charge on any atom is 0.224 e. The molecule has 1 saturated heterocycles. The quantitative estimate of drug-likeness (QED) is 0.714. The Kier molecular flexibility index (Phi) is 4.90. The Hall–Kier alpha value is -2.73. The molecule has 1 fully saturated rings. The van der Waals surface area contributed by atoms with E-state index in [-0.39, 0.29) is 18.1 Å². The number of carbonyl (C=O) groups is 1. The summed E-state index contributed by atoms with van der Waals surface area (Å²) in [6, 6.07) is 10.1. The van der Waals surface area contributed by atoms with E-state index in [9.17, 15) is 4.79 Å². The highest BCUT2D eigenvalue weighted by atomic mass is 16.5. The van der Waals surface area contributed by atoms with Gasteiger partial charge in [0.1, 0.15) is 5.65 Å². The van der Waals surface area contributed by atoms with E-state index < -0.39 is 0 Å². The van der Waals surface area contributed by atoms with Crippen LogP contribution in [0.1, 0.15) is 20.3 Å². The summed E-state index contributed by atoms with van der Waals surface area (Å²) in [4.78, 5) is 23.4. The maximum absolute atomic E-state index is 12.8. The Morgan fingerprint density at radius 2 is 1.89 bits per heavy atom. The Balaban J connectivity index is 1.59. The van der Waals surface area contributed by atoms with E-state index in [1.165, 1.54) is 0 Å². The third-order valence-electron chi connectivity index (χ3n) is 4.95. The molecule has 0 N–H and O–H groups in total. The molecule has 27 heavy (non-hydrogen) atoms. The number of hydrogen-bond acceptors (Lipinski definition) is 4. The van der Waals surface area contributed by atoms with Crippen molar-refractivity contribution in [3.05, 3.63) is 48.9 Å². The molecule has 4 rings (SSSR count). The molecule has 140 valence electrons. The number of hydrogen-bond donors (Lipinski definition) is 0. The van der Waals surface area contributed by atoms with Gasteiger partial charge in [0.05, 0.1) is 17.9 Å². The first-order chi connectivity index (χ1) is 13.1. The molecule has 6 heteroatoms. The van der Waals surface area contributed by atoms with Crippen LogP contribution in [-0.4, -0.2) is 50.6 Å². The summed E-state index contributed by atoms with van der Waals surface area (Å²) in [5.41, 5.74) is 3.03. The van der Waals surface area contributed by atoms with Gasteiger partial charge >= 0.3 is 0 Å². The summed E-state index contributed by atoms with van der Waals surface area (Å²) in [5.74, 6) is 0.162. The predicted octanol–water partition coefficient (Wildman–Crippen LogP) is 3.12. The highest BCUT2D eigenvalue weighted by molar-refractivity contribution is 5.84. The molecule has 1 aliphatic rings. The first-order valence-corrected chi connectivity index (χ1v) is 9.39. The monoisotopic (exact) mass is 364 g/mol. The zero-order valence-electron chi connectivity index (χ0n) is 15.7. The van der Waals surface area contributed by atoms with Crippen LogP contribution in [0.25, 0.3) is 22.3 Å². The first kappa shape index (κ1) is 17.7. The molecule has 3 aromatic heterocycles. The third kappa shape index (κ3) is 3.71. The summed E-state index contributed by atoms with van der Waals surface area (Å²) in [7, 11) is 0. The summed E-state index contributed by atoms with van der Waals surface area (Å²) in [6.45, 7) is 5.94. The van der Waals surface area contributed by atoms with Crippen LogP contribution in [0.2, 0.25) is 0 Å². The van der Waals surface area contributed by atoms with E-state index >= 15 is 0 Å². The number of pyridine rings is 2. The van der Waals surface area contributed by atoms with Crippen LogP contribution in [0, 0.1) is 0 Å². The molecule has 0 aliphatic carbocycles. The second kappa shape index (κ2) is 7.48. The highest BCUT2D eigenvalue weighted by Crippen LogP contribution is 2.27. The molecule has 0 saturated carbocycles. The Morgan fingerprint density at radius 3 is 2.63 bits per heavy atom. The molecule has 1 aliphatic heterocycles. The van der Waals surface area contributed by atoms with Gasteiger partial charge in [0, 0.05) is 55.6 Å². The van der Waals surface area contributed by atoms with Crippen LogP contribution >= 0.6 is 0 Å². The van der Waals surface area contributed by atoms with Crippen LogP contribution in [0.3, 0.4) is 0 Å². The van der Waals surface area contributed by atoms with Gasteiger partial charge in [-0.05, 0) is 44.2 Å². The smallest absolute Gasteiger partial charge is 0.224 e. The summed E-state index contributed by atoms with van der Waals surface area (Å²) >= 11 is 0. The molecule has 0 bridgehead atoms. The number of ether oxygens (including phenoxy) is 1. The molecular weight excluding hydrogens is 340 g/mol. The van der Waals surface area contributed by atoms with Crippen molar-refractivity contribution >= 4 is 16.9 Å². The predicted molar refractivity (Wildman–Crippen MR) is 104 cm³/mol. The van der Waals surface area contributed by atoms with E-state index in [2.05, 4.69) is 26.7 Å². The molecule has 6 nitrogen and oxygen atoms in total. The van der Waals surface area contributed by atoms with Crippen molar-refractivity contribution < 1.29 is 9.53 Å². The van der Waals surface area contributed by atoms with Gasteiger partial charge < -0.3 is 14.2 Å². The number of aryl methyl sites for hydroxylation is 1. The Labute approximate surface area is 158 Å². The number of nitrogens with zero attached hydrogens (tertiary/aromatic N) is 4. The minimum Gasteiger partial charge on any atom is -0.372 e.